The first-order valence-corrected chi connectivity index (χ1v) is 14.4. The van der Waals surface area contributed by atoms with Crippen molar-refractivity contribution in [3.05, 3.63) is 58.1 Å². The number of phenols is 1. The van der Waals surface area contributed by atoms with Crippen molar-refractivity contribution in [2.24, 2.45) is 5.92 Å². The van der Waals surface area contributed by atoms with Gasteiger partial charge in [-0.25, -0.2) is 4.79 Å². The molecule has 0 aliphatic heterocycles. The van der Waals surface area contributed by atoms with E-state index >= 15 is 0 Å². The Morgan fingerprint density at radius 1 is 1.00 bits per heavy atom. The van der Waals surface area contributed by atoms with Crippen molar-refractivity contribution < 1.29 is 24.2 Å². The van der Waals surface area contributed by atoms with Crippen LogP contribution in [0.25, 0.3) is 0 Å². The van der Waals surface area contributed by atoms with E-state index in [-0.39, 0.29) is 17.2 Å². The van der Waals surface area contributed by atoms with E-state index in [0.29, 0.717) is 29.1 Å². The van der Waals surface area contributed by atoms with Crippen molar-refractivity contribution in [1.29, 1.82) is 0 Å². The number of aryl methyl sites for hydroxylation is 2. The van der Waals surface area contributed by atoms with Crippen molar-refractivity contribution in [2.75, 3.05) is 5.32 Å². The summed E-state index contributed by atoms with van der Waals surface area (Å²) in [4.78, 5) is 43.1. The van der Waals surface area contributed by atoms with Gasteiger partial charge in [-0.15, -0.1) is 0 Å². The molecular weight excluding hydrogens is 542 g/mol. The number of benzene rings is 2. The van der Waals surface area contributed by atoms with Gasteiger partial charge in [0.15, 0.2) is 0 Å². The van der Waals surface area contributed by atoms with Gasteiger partial charge in [0.1, 0.15) is 23.4 Å². The Hall–Kier alpha value is -3.26. The van der Waals surface area contributed by atoms with Crippen LogP contribution in [0.5, 0.6) is 5.75 Å². The highest BCUT2D eigenvalue weighted by molar-refractivity contribution is 6.34. The lowest BCUT2D eigenvalue weighted by Gasteiger charge is -2.45. The van der Waals surface area contributed by atoms with Gasteiger partial charge in [0, 0.05) is 11.1 Å². The van der Waals surface area contributed by atoms with Crippen LogP contribution in [0.15, 0.2) is 36.4 Å². The van der Waals surface area contributed by atoms with Crippen LogP contribution >= 0.6 is 11.6 Å². The maximum absolute atomic E-state index is 14.6. The standard InChI is InChI=1S/C32H46ClN3O5/c1-11-32(9,10)36(29(39)24(18-19(2)3)34-30(40)41-31(6,7)8)26(22-16-12-15-21(5)27(22)37)28(38)35-25-20(4)14-13-17-23(25)33/h12-17,19,24,26,37H,11,18H2,1-10H3,(H,34,40)(H,35,38). The summed E-state index contributed by atoms with van der Waals surface area (Å²) in [5, 5.41) is 17.2. The zero-order chi connectivity index (χ0) is 31.3. The summed E-state index contributed by atoms with van der Waals surface area (Å²) in [6.07, 6.45) is 0.0737. The zero-order valence-corrected chi connectivity index (χ0v) is 26.8. The molecule has 226 valence electrons. The lowest BCUT2D eigenvalue weighted by molar-refractivity contribution is -0.148. The molecule has 2 atom stereocenters. The molecule has 9 heteroatoms. The van der Waals surface area contributed by atoms with Gasteiger partial charge in [0.05, 0.1) is 10.7 Å². The fraction of sp³-hybridized carbons (Fsp3) is 0.531. The van der Waals surface area contributed by atoms with E-state index in [2.05, 4.69) is 10.6 Å². The Labute approximate surface area is 249 Å². The lowest BCUT2D eigenvalue weighted by atomic mass is 9.90. The minimum Gasteiger partial charge on any atom is -0.507 e. The molecule has 2 aromatic rings. The Balaban J connectivity index is 2.75. The number of carbonyl (C=O) groups is 3. The molecule has 0 spiro atoms. The highest BCUT2D eigenvalue weighted by Gasteiger charge is 2.44. The summed E-state index contributed by atoms with van der Waals surface area (Å²) in [7, 11) is 0. The quantitative estimate of drug-likeness (QED) is 0.270. The van der Waals surface area contributed by atoms with E-state index in [0.717, 1.165) is 5.56 Å². The third kappa shape index (κ3) is 8.86. The largest absolute Gasteiger partial charge is 0.507 e. The monoisotopic (exact) mass is 587 g/mol. The normalized spacial score (nSPS) is 13.4. The SMILES string of the molecule is CCC(C)(C)N(C(=O)C(CC(C)C)NC(=O)OC(C)(C)C)C(C(=O)Nc1c(C)cccc1Cl)c1cccc(C)c1O. The summed E-state index contributed by atoms with van der Waals surface area (Å²) < 4.78 is 5.47. The van der Waals surface area contributed by atoms with Gasteiger partial charge in [0.25, 0.3) is 5.91 Å². The lowest BCUT2D eigenvalue weighted by Crippen LogP contribution is -2.59. The maximum Gasteiger partial charge on any atom is 0.408 e. The van der Waals surface area contributed by atoms with Crippen LogP contribution in [0.4, 0.5) is 10.5 Å². The first-order valence-electron chi connectivity index (χ1n) is 14.1. The Morgan fingerprint density at radius 3 is 2.12 bits per heavy atom. The highest BCUT2D eigenvalue weighted by atomic mass is 35.5. The number of nitrogens with zero attached hydrogens (tertiary/aromatic N) is 1. The van der Waals surface area contributed by atoms with E-state index < -0.39 is 41.1 Å². The summed E-state index contributed by atoms with van der Waals surface area (Å²) in [6, 6.07) is 8.15. The van der Waals surface area contributed by atoms with Crippen LogP contribution in [0.2, 0.25) is 5.02 Å². The molecule has 2 aromatic carbocycles. The van der Waals surface area contributed by atoms with Crippen LogP contribution in [-0.4, -0.2) is 45.1 Å². The Bertz CT molecular complexity index is 1230. The molecule has 41 heavy (non-hydrogen) atoms. The summed E-state index contributed by atoms with van der Waals surface area (Å²) in [5.74, 6) is -1.06. The van der Waals surface area contributed by atoms with E-state index in [1.54, 1.807) is 58.0 Å². The molecule has 0 bridgehead atoms. The minimum absolute atomic E-state index is 0.0379. The molecule has 0 fully saturated rings. The number of anilines is 1. The molecule has 2 unspecified atom stereocenters. The fourth-order valence-corrected chi connectivity index (χ4v) is 4.81. The zero-order valence-electron chi connectivity index (χ0n) is 26.0. The number of alkyl carbamates (subject to hydrolysis) is 1. The molecule has 0 aliphatic rings. The molecule has 0 radical (unpaired) electrons. The second-order valence-electron chi connectivity index (χ2n) is 12.5. The molecule has 0 aliphatic carbocycles. The van der Waals surface area contributed by atoms with Crippen molar-refractivity contribution in [3.63, 3.8) is 0 Å². The first-order chi connectivity index (χ1) is 18.9. The van der Waals surface area contributed by atoms with Crippen molar-refractivity contribution in [3.8, 4) is 5.75 Å². The summed E-state index contributed by atoms with van der Waals surface area (Å²) in [6.45, 7) is 18.3. The molecule has 0 aromatic heterocycles. The predicted octanol–water partition coefficient (Wildman–Crippen LogP) is 7.30. The summed E-state index contributed by atoms with van der Waals surface area (Å²) in [5.41, 5.74) is 0.360. The molecule has 2 rings (SSSR count). The highest BCUT2D eigenvalue weighted by Crippen LogP contribution is 2.39. The second kappa shape index (κ2) is 13.6. The number of carbonyl (C=O) groups excluding carboxylic acids is 3. The van der Waals surface area contributed by atoms with Gasteiger partial charge in [-0.2, -0.15) is 0 Å². The third-order valence-corrected chi connectivity index (χ3v) is 7.31. The van der Waals surface area contributed by atoms with Crippen LogP contribution in [-0.2, 0) is 14.3 Å². The number of para-hydroxylation sites is 2. The number of amides is 3. The van der Waals surface area contributed by atoms with E-state index in [1.807, 2.05) is 47.6 Å². The first kappa shape index (κ1) is 33.9. The van der Waals surface area contributed by atoms with Gasteiger partial charge < -0.3 is 25.4 Å². The van der Waals surface area contributed by atoms with Crippen LogP contribution in [0.3, 0.4) is 0 Å². The number of nitrogens with one attached hydrogen (secondary N) is 2. The molecule has 3 amide bonds. The van der Waals surface area contributed by atoms with Gasteiger partial charge in [-0.1, -0.05) is 62.7 Å². The molecular formula is C32H46ClN3O5. The third-order valence-electron chi connectivity index (χ3n) is 6.99. The number of hydrogen-bond acceptors (Lipinski definition) is 5. The number of hydrogen-bond donors (Lipinski definition) is 3. The number of aromatic hydroxyl groups is 1. The molecule has 0 saturated heterocycles. The smallest absolute Gasteiger partial charge is 0.408 e. The number of ether oxygens (including phenoxy) is 1. The van der Waals surface area contributed by atoms with Crippen LogP contribution in [0, 0.1) is 19.8 Å². The van der Waals surface area contributed by atoms with Crippen LogP contribution < -0.4 is 10.6 Å². The summed E-state index contributed by atoms with van der Waals surface area (Å²) >= 11 is 6.45. The van der Waals surface area contributed by atoms with E-state index in [4.69, 9.17) is 16.3 Å². The van der Waals surface area contributed by atoms with E-state index in [9.17, 15) is 19.5 Å². The maximum atomic E-state index is 14.6. The van der Waals surface area contributed by atoms with Gasteiger partial charge >= 0.3 is 6.09 Å². The molecule has 3 N–H and O–H groups in total. The molecule has 0 saturated carbocycles. The Kier molecular flexibility index (Phi) is 11.3. The van der Waals surface area contributed by atoms with Gasteiger partial charge in [-0.05, 0) is 84.4 Å². The molecule has 0 heterocycles. The number of rotatable bonds is 10. The van der Waals surface area contributed by atoms with Crippen molar-refractivity contribution in [2.45, 2.75) is 105 Å². The average Bonchev–Trinajstić information content (AvgIpc) is 2.84. The van der Waals surface area contributed by atoms with Gasteiger partial charge in [-0.3, -0.25) is 9.59 Å². The molecule has 8 nitrogen and oxygen atoms in total. The van der Waals surface area contributed by atoms with E-state index in [1.165, 1.54) is 4.90 Å². The van der Waals surface area contributed by atoms with Crippen molar-refractivity contribution in [1.82, 2.24) is 10.2 Å². The fourth-order valence-electron chi connectivity index (χ4n) is 4.54. The minimum atomic E-state index is -1.25. The average molecular weight is 588 g/mol. The van der Waals surface area contributed by atoms with Crippen LogP contribution in [0.1, 0.15) is 91.0 Å². The number of phenolic OH excluding ortho intramolecular Hbond substituents is 1. The second-order valence-corrected chi connectivity index (χ2v) is 12.9. The topological polar surface area (TPSA) is 108 Å². The predicted molar refractivity (Wildman–Crippen MR) is 164 cm³/mol. The van der Waals surface area contributed by atoms with Crippen molar-refractivity contribution >= 4 is 35.2 Å². The Morgan fingerprint density at radius 2 is 1.59 bits per heavy atom. The number of halogens is 1. The van der Waals surface area contributed by atoms with Gasteiger partial charge in [0.2, 0.25) is 5.91 Å².